The fraction of sp³-hybridized carbons (Fsp3) is 0.636. The summed E-state index contributed by atoms with van der Waals surface area (Å²) in [6, 6.07) is 0. The largest absolute Gasteiger partial charge is 0.463 e. The maximum Gasteiger partial charge on any atom is 0.331 e. The molecule has 16 heavy (non-hydrogen) atoms. The first-order valence-electron chi connectivity index (χ1n) is 5.35. The molecule has 0 aliphatic carbocycles. The maximum absolute atomic E-state index is 11.0. The third kappa shape index (κ3) is 6.19. The van der Waals surface area contributed by atoms with Gasteiger partial charge in [-0.05, 0) is 6.42 Å². The molecule has 1 heterocycles. The van der Waals surface area contributed by atoms with Crippen LogP contribution >= 0.6 is 0 Å². The van der Waals surface area contributed by atoms with Crippen LogP contribution in [0.25, 0.3) is 0 Å². The second-order valence-corrected chi connectivity index (χ2v) is 3.44. The van der Waals surface area contributed by atoms with Crippen LogP contribution < -0.4 is 0 Å². The molecule has 0 bridgehead atoms. The Hall–Kier alpha value is -1.36. The second-order valence-electron chi connectivity index (χ2n) is 3.44. The third-order valence-electron chi connectivity index (χ3n) is 1.91. The first-order chi connectivity index (χ1) is 7.72. The summed E-state index contributed by atoms with van der Waals surface area (Å²) < 4.78 is 14.5. The molecule has 1 unspecified atom stereocenters. The molecule has 90 valence electrons. The lowest BCUT2D eigenvalue weighted by Crippen LogP contribution is -2.08. The summed E-state index contributed by atoms with van der Waals surface area (Å²) in [5.74, 6) is -1.07. The molecule has 1 rings (SSSR count). The zero-order valence-electron chi connectivity index (χ0n) is 9.31. The van der Waals surface area contributed by atoms with Gasteiger partial charge in [-0.3, -0.25) is 0 Å². The Morgan fingerprint density at radius 3 is 2.50 bits per heavy atom. The van der Waals surface area contributed by atoms with Crippen molar-refractivity contribution in [1.29, 1.82) is 0 Å². The molecule has 1 atom stereocenters. The minimum atomic E-state index is -0.553. The molecule has 0 radical (unpaired) electrons. The Balaban J connectivity index is 2.07. The predicted octanol–water partition coefficient (Wildman–Crippen LogP) is 0.828. The molecule has 0 saturated carbocycles. The summed E-state index contributed by atoms with van der Waals surface area (Å²) in [6.07, 6.45) is 3.96. The van der Waals surface area contributed by atoms with Crippen molar-refractivity contribution in [2.75, 3.05) is 19.8 Å². The van der Waals surface area contributed by atoms with Crippen LogP contribution in [0.1, 0.15) is 19.8 Å². The lowest BCUT2D eigenvalue weighted by molar-refractivity contribution is -0.140. The fourth-order valence-electron chi connectivity index (χ4n) is 0.889. The lowest BCUT2D eigenvalue weighted by atomic mass is 10.4. The van der Waals surface area contributed by atoms with Crippen LogP contribution in [0.5, 0.6) is 0 Å². The number of epoxide rings is 1. The number of rotatable bonds is 7. The first kappa shape index (κ1) is 12.7. The standard InChI is InChI=1S/C11H16O5/c1-2-3-6-14-10(12)4-5-11(13)16-8-9-7-15-9/h4-5,9H,2-3,6-8H2,1H3/b5-4-. The SMILES string of the molecule is CCCCOC(=O)/C=C\C(=O)OCC1CO1. The molecule has 0 aromatic heterocycles. The Labute approximate surface area is 94.4 Å². The van der Waals surface area contributed by atoms with E-state index in [1.807, 2.05) is 6.92 Å². The normalized spacial score (nSPS) is 18.4. The minimum Gasteiger partial charge on any atom is -0.463 e. The highest BCUT2D eigenvalue weighted by molar-refractivity contribution is 5.91. The van der Waals surface area contributed by atoms with Crippen LogP contribution in [0.2, 0.25) is 0 Å². The summed E-state index contributed by atoms with van der Waals surface area (Å²) in [6.45, 7) is 3.26. The summed E-state index contributed by atoms with van der Waals surface area (Å²) in [7, 11) is 0. The van der Waals surface area contributed by atoms with Gasteiger partial charge in [0.25, 0.3) is 0 Å². The van der Waals surface area contributed by atoms with E-state index >= 15 is 0 Å². The molecule has 1 aliphatic heterocycles. The Bertz CT molecular complexity index is 268. The highest BCUT2D eigenvalue weighted by atomic mass is 16.6. The molecule has 1 fully saturated rings. The van der Waals surface area contributed by atoms with Crippen LogP contribution in [-0.4, -0.2) is 37.9 Å². The first-order valence-corrected chi connectivity index (χ1v) is 5.35. The van der Waals surface area contributed by atoms with Crippen LogP contribution in [0.4, 0.5) is 0 Å². The predicted molar refractivity (Wildman–Crippen MR) is 55.7 cm³/mol. The van der Waals surface area contributed by atoms with E-state index in [0.717, 1.165) is 25.0 Å². The highest BCUT2D eigenvalue weighted by Crippen LogP contribution is 2.08. The van der Waals surface area contributed by atoms with Crippen molar-refractivity contribution in [2.45, 2.75) is 25.9 Å². The number of hydrogen-bond donors (Lipinski definition) is 0. The topological polar surface area (TPSA) is 65.1 Å². The van der Waals surface area contributed by atoms with Gasteiger partial charge in [0.2, 0.25) is 0 Å². The van der Waals surface area contributed by atoms with Gasteiger partial charge in [-0.25, -0.2) is 9.59 Å². The summed E-state index contributed by atoms with van der Waals surface area (Å²) in [5, 5.41) is 0. The van der Waals surface area contributed by atoms with Gasteiger partial charge >= 0.3 is 11.9 Å². The number of esters is 2. The van der Waals surface area contributed by atoms with E-state index in [1.165, 1.54) is 0 Å². The zero-order chi connectivity index (χ0) is 11.8. The average molecular weight is 228 g/mol. The van der Waals surface area contributed by atoms with Gasteiger partial charge in [0, 0.05) is 12.2 Å². The fourth-order valence-corrected chi connectivity index (χ4v) is 0.889. The van der Waals surface area contributed by atoms with Crippen molar-refractivity contribution in [2.24, 2.45) is 0 Å². The lowest BCUT2D eigenvalue weighted by Gasteiger charge is -1.99. The van der Waals surface area contributed by atoms with Crippen molar-refractivity contribution in [3.63, 3.8) is 0 Å². The molecule has 0 amide bonds. The number of unbranched alkanes of at least 4 members (excludes halogenated alkanes) is 1. The summed E-state index contributed by atoms with van der Waals surface area (Å²) >= 11 is 0. The van der Waals surface area contributed by atoms with Crippen molar-refractivity contribution in [3.8, 4) is 0 Å². The zero-order valence-corrected chi connectivity index (χ0v) is 9.31. The van der Waals surface area contributed by atoms with Crippen molar-refractivity contribution < 1.29 is 23.8 Å². The van der Waals surface area contributed by atoms with Gasteiger partial charge < -0.3 is 14.2 Å². The van der Waals surface area contributed by atoms with Gasteiger partial charge in [-0.1, -0.05) is 13.3 Å². The van der Waals surface area contributed by atoms with Gasteiger partial charge in [-0.2, -0.15) is 0 Å². The van der Waals surface area contributed by atoms with E-state index in [2.05, 4.69) is 0 Å². The van der Waals surface area contributed by atoms with Gasteiger partial charge in [0.05, 0.1) is 13.2 Å². The smallest absolute Gasteiger partial charge is 0.331 e. The van der Waals surface area contributed by atoms with Crippen LogP contribution in [-0.2, 0) is 23.8 Å². The number of carbonyl (C=O) groups is 2. The summed E-state index contributed by atoms with van der Waals surface area (Å²) in [4.78, 5) is 22.1. The molecular formula is C11H16O5. The third-order valence-corrected chi connectivity index (χ3v) is 1.91. The number of hydrogen-bond acceptors (Lipinski definition) is 5. The Kier molecular flexibility index (Phi) is 5.56. The van der Waals surface area contributed by atoms with Crippen LogP contribution in [0.3, 0.4) is 0 Å². The van der Waals surface area contributed by atoms with E-state index in [4.69, 9.17) is 14.2 Å². The van der Waals surface area contributed by atoms with E-state index in [0.29, 0.717) is 13.2 Å². The van der Waals surface area contributed by atoms with E-state index in [9.17, 15) is 9.59 Å². The average Bonchev–Trinajstić information content (AvgIpc) is 3.08. The summed E-state index contributed by atoms with van der Waals surface area (Å²) in [5.41, 5.74) is 0. The van der Waals surface area contributed by atoms with Crippen molar-refractivity contribution >= 4 is 11.9 Å². The number of carbonyl (C=O) groups excluding carboxylic acids is 2. The van der Waals surface area contributed by atoms with E-state index < -0.39 is 11.9 Å². The minimum absolute atomic E-state index is 0.0360. The molecule has 5 heteroatoms. The Morgan fingerprint density at radius 2 is 1.94 bits per heavy atom. The second kappa shape index (κ2) is 7.00. The molecule has 0 spiro atoms. The molecule has 0 aromatic carbocycles. The van der Waals surface area contributed by atoms with Crippen molar-refractivity contribution in [3.05, 3.63) is 12.2 Å². The molecule has 0 aromatic rings. The molecular weight excluding hydrogens is 212 g/mol. The van der Waals surface area contributed by atoms with Crippen LogP contribution in [0, 0.1) is 0 Å². The molecule has 1 aliphatic rings. The highest BCUT2D eigenvalue weighted by Gasteiger charge is 2.23. The molecule has 1 saturated heterocycles. The van der Waals surface area contributed by atoms with Gasteiger partial charge in [-0.15, -0.1) is 0 Å². The van der Waals surface area contributed by atoms with Crippen LogP contribution in [0.15, 0.2) is 12.2 Å². The maximum atomic E-state index is 11.0. The van der Waals surface area contributed by atoms with Gasteiger partial charge in [0.15, 0.2) is 0 Å². The Morgan fingerprint density at radius 1 is 1.31 bits per heavy atom. The van der Waals surface area contributed by atoms with E-state index in [1.54, 1.807) is 0 Å². The quantitative estimate of drug-likeness (QED) is 0.279. The van der Waals surface area contributed by atoms with Gasteiger partial charge in [0.1, 0.15) is 12.7 Å². The molecule has 0 N–H and O–H groups in total. The van der Waals surface area contributed by atoms with Crippen molar-refractivity contribution in [1.82, 2.24) is 0 Å². The monoisotopic (exact) mass is 228 g/mol. The molecule has 5 nitrogen and oxygen atoms in total. The number of ether oxygens (including phenoxy) is 3. The van der Waals surface area contributed by atoms with E-state index in [-0.39, 0.29) is 12.7 Å².